The molecule has 0 atom stereocenters. The largest absolute Gasteiger partial charge is 0.370 e. The van der Waals surface area contributed by atoms with Gasteiger partial charge in [-0.1, -0.05) is 30.3 Å². The van der Waals surface area contributed by atoms with Gasteiger partial charge < -0.3 is 4.90 Å². The number of nitrogens with zero attached hydrogens (tertiary/aromatic N) is 4. The Morgan fingerprint density at radius 3 is 2.62 bits per heavy atom. The van der Waals surface area contributed by atoms with E-state index in [1.165, 1.54) is 5.56 Å². The van der Waals surface area contributed by atoms with E-state index in [0.717, 1.165) is 31.6 Å². The summed E-state index contributed by atoms with van der Waals surface area (Å²) in [4.78, 5) is 2.29. The molecule has 5 nitrogen and oxygen atoms in total. The molecule has 24 heavy (non-hydrogen) atoms. The summed E-state index contributed by atoms with van der Waals surface area (Å²) in [6.07, 6.45) is 4.07. The minimum absolute atomic E-state index is 0.510. The minimum Gasteiger partial charge on any atom is -0.370 e. The number of nitriles is 1. The molecule has 0 bridgehead atoms. The summed E-state index contributed by atoms with van der Waals surface area (Å²) in [5, 5.41) is 16.6. The van der Waals surface area contributed by atoms with Crippen molar-refractivity contribution in [2.45, 2.75) is 18.8 Å². The number of piperidine rings is 1. The van der Waals surface area contributed by atoms with Crippen LogP contribution in [0.15, 0.2) is 42.6 Å². The maximum atomic E-state index is 9.61. The molecule has 4 rings (SSSR count). The predicted octanol–water partition coefficient (Wildman–Crippen LogP) is 3.65. The van der Waals surface area contributed by atoms with Crippen LogP contribution in [0, 0.1) is 16.1 Å². The molecule has 0 spiro atoms. The fraction of sp³-hybridized carbons (Fsp3) is 0.278. The Morgan fingerprint density at radius 2 is 1.92 bits per heavy atom. The summed E-state index contributed by atoms with van der Waals surface area (Å²) in [6.45, 7) is 1.88. The first-order chi connectivity index (χ1) is 11.8. The van der Waals surface area contributed by atoms with E-state index in [4.69, 9.17) is 12.2 Å². The van der Waals surface area contributed by atoms with Gasteiger partial charge in [-0.25, -0.2) is 0 Å². The van der Waals surface area contributed by atoms with Crippen LogP contribution in [0.1, 0.15) is 29.9 Å². The van der Waals surface area contributed by atoms with Gasteiger partial charge >= 0.3 is 0 Å². The van der Waals surface area contributed by atoms with Gasteiger partial charge in [-0.2, -0.15) is 10.4 Å². The number of rotatable bonds is 2. The summed E-state index contributed by atoms with van der Waals surface area (Å²) >= 11 is 5.19. The van der Waals surface area contributed by atoms with Crippen LogP contribution >= 0.6 is 12.2 Å². The monoisotopic (exact) mass is 335 g/mol. The Kier molecular flexibility index (Phi) is 3.79. The molecule has 0 saturated carbocycles. The van der Waals surface area contributed by atoms with Crippen molar-refractivity contribution in [2.24, 2.45) is 0 Å². The second-order valence-corrected chi connectivity index (χ2v) is 6.47. The van der Waals surface area contributed by atoms with Crippen LogP contribution in [-0.4, -0.2) is 27.7 Å². The Balaban J connectivity index is 1.61. The summed E-state index contributed by atoms with van der Waals surface area (Å²) in [5.74, 6) is 0.593. The number of benzene rings is 1. The lowest BCUT2D eigenvalue weighted by Crippen LogP contribution is -2.33. The first kappa shape index (κ1) is 14.9. The molecule has 3 aromatic rings. The number of anilines is 1. The number of aromatic amines is 1. The molecule has 0 aliphatic carbocycles. The SMILES string of the molecule is N#Cc1c(N2CCC(c3ccccc3)CC2)ccn2c(=S)[nH]nc12. The third-order valence-electron chi connectivity index (χ3n) is 4.78. The van der Waals surface area contributed by atoms with Gasteiger partial charge in [0.25, 0.3) is 0 Å². The molecule has 1 saturated heterocycles. The highest BCUT2D eigenvalue weighted by molar-refractivity contribution is 7.71. The zero-order chi connectivity index (χ0) is 16.5. The maximum Gasteiger partial charge on any atom is 0.199 e. The van der Waals surface area contributed by atoms with Crippen molar-refractivity contribution in [3.63, 3.8) is 0 Å². The quantitative estimate of drug-likeness (QED) is 0.726. The molecule has 2 aromatic heterocycles. The lowest BCUT2D eigenvalue weighted by molar-refractivity contribution is 0.505. The smallest absolute Gasteiger partial charge is 0.199 e. The summed E-state index contributed by atoms with van der Waals surface area (Å²) in [7, 11) is 0. The van der Waals surface area contributed by atoms with Crippen LogP contribution < -0.4 is 4.90 Å². The highest BCUT2D eigenvalue weighted by atomic mass is 32.1. The molecule has 1 fully saturated rings. The minimum atomic E-state index is 0.510. The van der Waals surface area contributed by atoms with Crippen molar-refractivity contribution in [3.8, 4) is 6.07 Å². The van der Waals surface area contributed by atoms with Crippen LogP contribution in [-0.2, 0) is 0 Å². The van der Waals surface area contributed by atoms with Gasteiger partial charge in [-0.3, -0.25) is 9.50 Å². The van der Waals surface area contributed by atoms with E-state index >= 15 is 0 Å². The standard InChI is InChI=1S/C18H17N5S/c19-12-15-16(8-11-23-17(15)20-21-18(23)24)22-9-6-14(7-10-22)13-4-2-1-3-5-13/h1-5,8,11,14H,6-7,9-10H2,(H,21,24). The van der Waals surface area contributed by atoms with Gasteiger partial charge in [0.1, 0.15) is 11.6 Å². The molecule has 0 amide bonds. The van der Waals surface area contributed by atoms with Crippen LogP contribution in [0.4, 0.5) is 5.69 Å². The van der Waals surface area contributed by atoms with E-state index in [1.54, 1.807) is 4.40 Å². The predicted molar refractivity (Wildman–Crippen MR) is 95.7 cm³/mol. The molecular formula is C18H17N5S. The molecule has 0 unspecified atom stereocenters. The second kappa shape index (κ2) is 6.10. The van der Waals surface area contributed by atoms with Crippen molar-refractivity contribution < 1.29 is 0 Å². The number of aromatic nitrogens is 3. The van der Waals surface area contributed by atoms with Gasteiger partial charge in [0.15, 0.2) is 10.4 Å². The van der Waals surface area contributed by atoms with E-state index in [0.29, 0.717) is 21.9 Å². The number of H-pyrrole nitrogens is 1. The Labute approximate surface area is 145 Å². The molecule has 3 heterocycles. The summed E-state index contributed by atoms with van der Waals surface area (Å²) in [6, 6.07) is 14.9. The van der Waals surface area contributed by atoms with Crippen molar-refractivity contribution >= 4 is 23.6 Å². The highest BCUT2D eigenvalue weighted by Gasteiger charge is 2.23. The fourth-order valence-electron chi connectivity index (χ4n) is 3.51. The van der Waals surface area contributed by atoms with E-state index in [1.807, 2.05) is 12.3 Å². The van der Waals surface area contributed by atoms with E-state index in [2.05, 4.69) is 51.5 Å². The second-order valence-electron chi connectivity index (χ2n) is 6.08. The number of fused-ring (bicyclic) bond motifs is 1. The number of pyridine rings is 1. The zero-order valence-electron chi connectivity index (χ0n) is 13.1. The number of nitrogens with one attached hydrogen (secondary N) is 1. The van der Waals surface area contributed by atoms with E-state index in [9.17, 15) is 5.26 Å². The summed E-state index contributed by atoms with van der Waals surface area (Å²) < 4.78 is 2.25. The van der Waals surface area contributed by atoms with Crippen molar-refractivity contribution in [2.75, 3.05) is 18.0 Å². The van der Waals surface area contributed by atoms with Gasteiger partial charge in [0.05, 0.1) is 5.69 Å². The van der Waals surface area contributed by atoms with Crippen LogP contribution in [0.3, 0.4) is 0 Å². The van der Waals surface area contributed by atoms with Gasteiger partial charge in [0.2, 0.25) is 0 Å². The molecule has 1 aromatic carbocycles. The number of hydrogen-bond acceptors (Lipinski definition) is 4. The molecule has 1 aliphatic rings. The van der Waals surface area contributed by atoms with Crippen molar-refractivity contribution in [1.82, 2.24) is 14.6 Å². The Hall–Kier alpha value is -2.65. The Bertz CT molecular complexity index is 958. The van der Waals surface area contributed by atoms with Crippen LogP contribution in [0.2, 0.25) is 0 Å². The van der Waals surface area contributed by atoms with Crippen molar-refractivity contribution in [1.29, 1.82) is 5.26 Å². The van der Waals surface area contributed by atoms with Gasteiger partial charge in [-0.15, -0.1) is 0 Å². The maximum absolute atomic E-state index is 9.61. The topological polar surface area (TPSA) is 60.1 Å². The molecule has 6 heteroatoms. The molecule has 0 radical (unpaired) electrons. The third kappa shape index (κ3) is 2.47. The van der Waals surface area contributed by atoms with E-state index in [-0.39, 0.29) is 0 Å². The fourth-order valence-corrected chi connectivity index (χ4v) is 3.71. The lowest BCUT2D eigenvalue weighted by Gasteiger charge is -2.34. The average Bonchev–Trinajstić information content (AvgIpc) is 3.03. The first-order valence-electron chi connectivity index (χ1n) is 8.07. The molecular weight excluding hydrogens is 318 g/mol. The molecule has 1 aliphatic heterocycles. The normalized spacial score (nSPS) is 15.5. The Morgan fingerprint density at radius 1 is 1.17 bits per heavy atom. The third-order valence-corrected chi connectivity index (χ3v) is 5.07. The zero-order valence-corrected chi connectivity index (χ0v) is 14.0. The average molecular weight is 335 g/mol. The summed E-state index contributed by atoms with van der Waals surface area (Å²) in [5.41, 5.74) is 3.55. The molecule has 1 N–H and O–H groups in total. The lowest BCUT2D eigenvalue weighted by atomic mass is 9.89. The van der Waals surface area contributed by atoms with Gasteiger partial charge in [-0.05, 0) is 42.6 Å². The van der Waals surface area contributed by atoms with Crippen LogP contribution in [0.5, 0.6) is 0 Å². The number of hydrogen-bond donors (Lipinski definition) is 1. The van der Waals surface area contributed by atoms with Crippen LogP contribution in [0.25, 0.3) is 5.65 Å². The van der Waals surface area contributed by atoms with Crippen molar-refractivity contribution in [3.05, 3.63) is 58.5 Å². The first-order valence-corrected chi connectivity index (χ1v) is 8.48. The van der Waals surface area contributed by atoms with Gasteiger partial charge in [0, 0.05) is 19.3 Å². The van der Waals surface area contributed by atoms with E-state index < -0.39 is 0 Å². The highest BCUT2D eigenvalue weighted by Crippen LogP contribution is 2.32. The molecule has 120 valence electrons.